The number of piperidine rings is 1. The maximum Gasteiger partial charge on any atom is 0.119 e. The molecule has 1 aliphatic heterocycles. The SMILES string of the molecule is COc1ccc2c(c1)[C@]13CCCC[C@@H]1CN(C)[C@@H](C2)C3. The number of rotatable bonds is 1. The maximum atomic E-state index is 5.51. The molecule has 0 unspecified atom stereocenters. The molecule has 1 saturated carbocycles. The summed E-state index contributed by atoms with van der Waals surface area (Å²) in [7, 11) is 4.12. The largest absolute Gasteiger partial charge is 0.497 e. The summed E-state index contributed by atoms with van der Waals surface area (Å²) in [4.78, 5) is 2.63. The summed E-state index contributed by atoms with van der Waals surface area (Å²) in [6, 6.07) is 7.58. The number of hydrogen-bond acceptors (Lipinski definition) is 2. The predicted octanol–water partition coefficient (Wildman–Crippen LogP) is 3.38. The summed E-state index contributed by atoms with van der Waals surface area (Å²) in [6.07, 6.45) is 8.22. The summed E-state index contributed by atoms with van der Waals surface area (Å²) in [5, 5.41) is 0. The first-order valence-corrected chi connectivity index (χ1v) is 8.10. The van der Waals surface area contributed by atoms with E-state index in [2.05, 4.69) is 30.1 Å². The van der Waals surface area contributed by atoms with E-state index in [4.69, 9.17) is 4.74 Å². The summed E-state index contributed by atoms with van der Waals surface area (Å²) < 4.78 is 5.51. The van der Waals surface area contributed by atoms with Crippen LogP contribution in [0, 0.1) is 5.92 Å². The van der Waals surface area contributed by atoms with E-state index >= 15 is 0 Å². The van der Waals surface area contributed by atoms with E-state index in [1.54, 1.807) is 18.2 Å². The Bertz CT molecular complexity index is 526. The molecule has 0 aromatic heterocycles. The Balaban J connectivity index is 1.86. The average Bonchev–Trinajstić information content (AvgIpc) is 2.48. The Morgan fingerprint density at radius 1 is 1.30 bits per heavy atom. The van der Waals surface area contributed by atoms with E-state index in [1.165, 1.54) is 45.1 Å². The molecule has 1 saturated heterocycles. The van der Waals surface area contributed by atoms with E-state index in [9.17, 15) is 0 Å². The fourth-order valence-electron chi connectivity index (χ4n) is 5.19. The van der Waals surface area contributed by atoms with Gasteiger partial charge < -0.3 is 9.64 Å². The van der Waals surface area contributed by atoms with Crippen LogP contribution < -0.4 is 4.74 Å². The first kappa shape index (κ1) is 12.7. The molecule has 108 valence electrons. The minimum atomic E-state index is 0.456. The van der Waals surface area contributed by atoms with E-state index in [1.807, 2.05) is 0 Å². The van der Waals surface area contributed by atoms with Crippen molar-refractivity contribution in [1.29, 1.82) is 0 Å². The van der Waals surface area contributed by atoms with Gasteiger partial charge in [0.2, 0.25) is 0 Å². The van der Waals surface area contributed by atoms with Gasteiger partial charge in [-0.3, -0.25) is 0 Å². The number of likely N-dealkylation sites (N-methyl/N-ethyl adjacent to an activating group) is 1. The molecule has 2 aliphatic carbocycles. The topological polar surface area (TPSA) is 12.5 Å². The van der Waals surface area contributed by atoms with Gasteiger partial charge in [-0.25, -0.2) is 0 Å². The number of ether oxygens (including phenoxy) is 1. The molecule has 0 amide bonds. The van der Waals surface area contributed by atoms with Gasteiger partial charge in [-0.2, -0.15) is 0 Å². The quantitative estimate of drug-likeness (QED) is 0.776. The van der Waals surface area contributed by atoms with Crippen molar-refractivity contribution < 1.29 is 4.74 Å². The summed E-state index contributed by atoms with van der Waals surface area (Å²) in [5.41, 5.74) is 3.67. The molecule has 3 atom stereocenters. The highest BCUT2D eigenvalue weighted by molar-refractivity contribution is 5.45. The van der Waals surface area contributed by atoms with Gasteiger partial charge in [0.15, 0.2) is 0 Å². The zero-order valence-corrected chi connectivity index (χ0v) is 12.7. The average molecular weight is 271 g/mol. The third kappa shape index (κ3) is 1.67. The second-order valence-electron chi connectivity index (χ2n) is 7.12. The van der Waals surface area contributed by atoms with Gasteiger partial charge in [0.05, 0.1) is 7.11 Å². The molecule has 1 aromatic carbocycles. The molecule has 1 spiro atoms. The minimum absolute atomic E-state index is 0.456. The summed E-state index contributed by atoms with van der Waals surface area (Å²) in [5.74, 6) is 1.89. The van der Waals surface area contributed by atoms with Crippen molar-refractivity contribution in [2.24, 2.45) is 5.92 Å². The molecule has 4 rings (SSSR count). The molecular weight excluding hydrogens is 246 g/mol. The smallest absolute Gasteiger partial charge is 0.119 e. The first-order chi connectivity index (χ1) is 9.73. The molecule has 2 bridgehead atoms. The number of nitrogens with zero attached hydrogens (tertiary/aromatic N) is 1. The van der Waals surface area contributed by atoms with Gasteiger partial charge in [0.1, 0.15) is 5.75 Å². The van der Waals surface area contributed by atoms with Crippen LogP contribution in [0.5, 0.6) is 5.75 Å². The molecule has 2 nitrogen and oxygen atoms in total. The molecule has 20 heavy (non-hydrogen) atoms. The Kier molecular flexibility index (Phi) is 2.85. The number of fused-ring (bicyclic) bond motifs is 2. The predicted molar refractivity (Wildman–Crippen MR) is 81.4 cm³/mol. The zero-order valence-electron chi connectivity index (χ0n) is 12.7. The van der Waals surface area contributed by atoms with Crippen molar-refractivity contribution in [1.82, 2.24) is 4.90 Å². The molecule has 1 heterocycles. The van der Waals surface area contributed by atoms with Crippen LogP contribution in [0.1, 0.15) is 43.2 Å². The molecular formula is C18H25NO. The third-order valence-corrected chi connectivity index (χ3v) is 6.25. The van der Waals surface area contributed by atoms with Gasteiger partial charge in [-0.05, 0) is 61.9 Å². The number of benzene rings is 1. The highest BCUT2D eigenvalue weighted by atomic mass is 16.5. The van der Waals surface area contributed by atoms with Crippen LogP contribution in [0.15, 0.2) is 18.2 Å². The van der Waals surface area contributed by atoms with Crippen LogP contribution in [-0.2, 0) is 11.8 Å². The van der Waals surface area contributed by atoms with Crippen molar-refractivity contribution in [2.75, 3.05) is 20.7 Å². The van der Waals surface area contributed by atoms with Crippen molar-refractivity contribution in [3.8, 4) is 5.75 Å². The van der Waals surface area contributed by atoms with E-state index in [-0.39, 0.29) is 0 Å². The fourth-order valence-corrected chi connectivity index (χ4v) is 5.19. The summed E-state index contributed by atoms with van der Waals surface area (Å²) >= 11 is 0. The zero-order chi connectivity index (χ0) is 13.7. The lowest BCUT2D eigenvalue weighted by Crippen LogP contribution is -2.58. The highest BCUT2D eigenvalue weighted by Crippen LogP contribution is 2.54. The van der Waals surface area contributed by atoms with E-state index < -0.39 is 0 Å². The normalized spacial score (nSPS) is 36.1. The monoisotopic (exact) mass is 271 g/mol. The lowest BCUT2D eigenvalue weighted by molar-refractivity contribution is 0.0182. The molecule has 2 fully saturated rings. The fraction of sp³-hybridized carbons (Fsp3) is 0.667. The van der Waals surface area contributed by atoms with Gasteiger partial charge in [-0.1, -0.05) is 18.9 Å². The maximum absolute atomic E-state index is 5.51. The standard InChI is InChI=1S/C18H25NO/c1-19-12-14-5-3-4-8-18(14)11-15(19)9-13-6-7-16(20-2)10-17(13)18/h6-7,10,14-15H,3-5,8-9,11-12H2,1-2H3/t14-,15+,18+/m1/s1. The lowest BCUT2D eigenvalue weighted by Gasteiger charge is -2.57. The van der Waals surface area contributed by atoms with Crippen molar-refractivity contribution in [2.45, 2.75) is 50.0 Å². The number of methoxy groups -OCH3 is 1. The minimum Gasteiger partial charge on any atom is -0.497 e. The number of likely N-dealkylation sites (tertiary alicyclic amines) is 1. The van der Waals surface area contributed by atoms with E-state index in [0.29, 0.717) is 5.41 Å². The molecule has 0 radical (unpaired) electrons. The Morgan fingerprint density at radius 3 is 3.05 bits per heavy atom. The van der Waals surface area contributed by atoms with Gasteiger partial charge in [-0.15, -0.1) is 0 Å². The molecule has 2 heteroatoms. The molecule has 3 aliphatic rings. The second-order valence-corrected chi connectivity index (χ2v) is 7.12. The van der Waals surface area contributed by atoms with Crippen molar-refractivity contribution >= 4 is 0 Å². The first-order valence-electron chi connectivity index (χ1n) is 8.10. The molecule has 1 aromatic rings. The second kappa shape index (κ2) is 4.49. The van der Waals surface area contributed by atoms with Gasteiger partial charge >= 0.3 is 0 Å². The van der Waals surface area contributed by atoms with Crippen LogP contribution in [0.25, 0.3) is 0 Å². The Labute approximate surface area is 122 Å². The van der Waals surface area contributed by atoms with Crippen LogP contribution in [0.4, 0.5) is 0 Å². The van der Waals surface area contributed by atoms with Crippen LogP contribution in [0.2, 0.25) is 0 Å². The highest BCUT2D eigenvalue weighted by Gasteiger charge is 2.51. The van der Waals surface area contributed by atoms with Crippen LogP contribution in [-0.4, -0.2) is 31.6 Å². The van der Waals surface area contributed by atoms with Crippen LogP contribution >= 0.6 is 0 Å². The van der Waals surface area contributed by atoms with Crippen LogP contribution in [0.3, 0.4) is 0 Å². The molecule has 0 N–H and O–H groups in total. The lowest BCUT2D eigenvalue weighted by atomic mass is 9.54. The van der Waals surface area contributed by atoms with Crippen molar-refractivity contribution in [3.05, 3.63) is 29.3 Å². The Hall–Kier alpha value is -1.02. The van der Waals surface area contributed by atoms with Gasteiger partial charge in [0, 0.05) is 18.0 Å². The summed E-state index contributed by atoms with van der Waals surface area (Å²) in [6.45, 7) is 1.29. The van der Waals surface area contributed by atoms with Crippen molar-refractivity contribution in [3.63, 3.8) is 0 Å². The number of hydrogen-bond donors (Lipinski definition) is 0. The third-order valence-electron chi connectivity index (χ3n) is 6.25. The van der Waals surface area contributed by atoms with E-state index in [0.717, 1.165) is 17.7 Å². The Morgan fingerprint density at radius 2 is 2.20 bits per heavy atom. The van der Waals surface area contributed by atoms with Gasteiger partial charge in [0.25, 0.3) is 0 Å².